The van der Waals surface area contributed by atoms with Crippen LogP contribution in [0.2, 0.25) is 0 Å². The van der Waals surface area contributed by atoms with Gasteiger partial charge in [-0.1, -0.05) is 6.07 Å². The van der Waals surface area contributed by atoms with E-state index in [0.717, 1.165) is 42.3 Å². The van der Waals surface area contributed by atoms with E-state index in [9.17, 15) is 9.90 Å². The van der Waals surface area contributed by atoms with Crippen molar-refractivity contribution in [3.63, 3.8) is 0 Å². The normalized spacial score (nSPS) is 10.8. The highest BCUT2D eigenvalue weighted by Crippen LogP contribution is 2.24. The van der Waals surface area contributed by atoms with Gasteiger partial charge in [0.15, 0.2) is 6.20 Å². The highest BCUT2D eigenvalue weighted by molar-refractivity contribution is 5.85. The number of hydrogen-bond acceptors (Lipinski definition) is 3. The largest absolute Gasteiger partial charge is 0.507 e. The lowest BCUT2D eigenvalue weighted by Crippen LogP contribution is -2.34. The molecule has 1 heterocycles. The summed E-state index contributed by atoms with van der Waals surface area (Å²) in [5, 5.41) is 10.9. The number of esters is 1. The first kappa shape index (κ1) is 16.3. The van der Waals surface area contributed by atoms with Crippen LogP contribution in [0.1, 0.15) is 38.2 Å². The van der Waals surface area contributed by atoms with Gasteiger partial charge in [-0.05, 0) is 38.3 Å². The monoisotopic (exact) mass is 302 g/mol. The van der Waals surface area contributed by atoms with Crippen LogP contribution in [0.25, 0.3) is 10.9 Å². The van der Waals surface area contributed by atoms with Crippen LogP contribution in [-0.4, -0.2) is 17.7 Å². The van der Waals surface area contributed by atoms with Crippen molar-refractivity contribution in [2.45, 2.75) is 46.1 Å². The first-order valence-electron chi connectivity index (χ1n) is 7.90. The van der Waals surface area contributed by atoms with Crippen molar-refractivity contribution >= 4 is 16.9 Å². The number of carbonyl (C=O) groups is 1. The van der Waals surface area contributed by atoms with Crippen molar-refractivity contribution < 1.29 is 19.2 Å². The third-order valence-electron chi connectivity index (χ3n) is 3.81. The van der Waals surface area contributed by atoms with Crippen molar-refractivity contribution in [1.82, 2.24) is 0 Å². The molecule has 118 valence electrons. The molecule has 0 unspecified atom stereocenters. The zero-order chi connectivity index (χ0) is 15.9. The van der Waals surface area contributed by atoms with Gasteiger partial charge in [0.1, 0.15) is 12.3 Å². The van der Waals surface area contributed by atoms with E-state index in [1.54, 1.807) is 6.07 Å². The predicted octanol–water partition coefficient (Wildman–Crippen LogP) is 3.26. The Balaban J connectivity index is 1.94. The summed E-state index contributed by atoms with van der Waals surface area (Å²) in [4.78, 5) is 11.3. The smallest absolute Gasteiger partial charge is 0.305 e. The third-order valence-corrected chi connectivity index (χ3v) is 3.81. The van der Waals surface area contributed by atoms with E-state index in [0.29, 0.717) is 18.8 Å². The highest BCUT2D eigenvalue weighted by atomic mass is 16.5. The van der Waals surface area contributed by atoms with Crippen LogP contribution in [0.15, 0.2) is 30.5 Å². The van der Waals surface area contributed by atoms with Crippen LogP contribution in [0.3, 0.4) is 0 Å². The maximum atomic E-state index is 11.3. The Morgan fingerprint density at radius 2 is 2.05 bits per heavy atom. The number of aromatic hydroxyl groups is 1. The molecule has 2 aromatic rings. The van der Waals surface area contributed by atoms with Crippen LogP contribution >= 0.6 is 0 Å². The molecule has 0 saturated carbocycles. The fourth-order valence-electron chi connectivity index (χ4n) is 2.69. The SMILES string of the molecule is CCOC(=O)CCCCC[n+]1ccc(C)c2c(O)cccc21. The number of benzene rings is 1. The molecule has 0 spiro atoms. The van der Waals surface area contributed by atoms with E-state index in [-0.39, 0.29) is 5.97 Å². The van der Waals surface area contributed by atoms with Crippen LogP contribution in [0, 0.1) is 6.92 Å². The van der Waals surface area contributed by atoms with Gasteiger partial charge in [-0.3, -0.25) is 4.79 Å². The number of ether oxygens (including phenoxy) is 1. The van der Waals surface area contributed by atoms with Crippen LogP contribution in [0.4, 0.5) is 0 Å². The summed E-state index contributed by atoms with van der Waals surface area (Å²) >= 11 is 0. The number of fused-ring (bicyclic) bond motifs is 1. The topological polar surface area (TPSA) is 50.4 Å². The average Bonchev–Trinajstić information content (AvgIpc) is 2.49. The fraction of sp³-hybridized carbons (Fsp3) is 0.444. The number of unbranched alkanes of at least 4 members (excludes halogenated alkanes) is 2. The quantitative estimate of drug-likeness (QED) is 0.485. The maximum Gasteiger partial charge on any atom is 0.305 e. The lowest BCUT2D eigenvalue weighted by Gasteiger charge is -2.05. The number of pyridine rings is 1. The van der Waals surface area contributed by atoms with Gasteiger partial charge in [-0.25, -0.2) is 0 Å². The second-order valence-corrected chi connectivity index (χ2v) is 5.48. The van der Waals surface area contributed by atoms with E-state index in [2.05, 4.69) is 10.8 Å². The Kier molecular flexibility index (Phi) is 5.75. The molecule has 0 fully saturated rings. The standard InChI is InChI=1S/C18H23NO3/c1-3-22-17(21)10-5-4-6-12-19-13-11-14(2)18-15(19)8-7-9-16(18)20/h7-9,11,13H,3-6,10,12H2,1-2H3/p+1. The number of nitrogens with zero attached hydrogens (tertiary/aromatic N) is 1. The molecule has 1 aromatic carbocycles. The molecule has 0 atom stereocenters. The van der Waals surface area contributed by atoms with Crippen LogP contribution in [-0.2, 0) is 16.1 Å². The second kappa shape index (κ2) is 7.78. The minimum Gasteiger partial charge on any atom is -0.507 e. The molecule has 4 nitrogen and oxygen atoms in total. The minimum absolute atomic E-state index is 0.110. The summed E-state index contributed by atoms with van der Waals surface area (Å²) in [7, 11) is 0. The molecule has 0 aliphatic carbocycles. The number of aryl methyl sites for hydroxylation is 2. The number of aromatic nitrogens is 1. The van der Waals surface area contributed by atoms with Crippen molar-refractivity contribution in [3.05, 3.63) is 36.0 Å². The Bertz CT molecular complexity index is 644. The number of rotatable bonds is 7. The molecule has 0 aliphatic rings. The average molecular weight is 302 g/mol. The molecular formula is C18H24NO3+. The molecule has 1 aromatic heterocycles. The van der Waals surface area contributed by atoms with Gasteiger partial charge in [-0.2, -0.15) is 4.57 Å². The van der Waals surface area contributed by atoms with Gasteiger partial charge in [-0.15, -0.1) is 0 Å². The number of carbonyl (C=O) groups excluding carboxylic acids is 1. The maximum absolute atomic E-state index is 11.3. The summed E-state index contributed by atoms with van der Waals surface area (Å²) in [6.45, 7) is 5.16. The Morgan fingerprint density at radius 1 is 1.23 bits per heavy atom. The van der Waals surface area contributed by atoms with Gasteiger partial charge in [0.05, 0.1) is 12.0 Å². The Hall–Kier alpha value is -2.10. The fourth-order valence-corrected chi connectivity index (χ4v) is 2.69. The van der Waals surface area contributed by atoms with Crippen LogP contribution in [0.5, 0.6) is 5.75 Å². The molecule has 0 radical (unpaired) electrons. The molecule has 22 heavy (non-hydrogen) atoms. The molecule has 1 N–H and O–H groups in total. The lowest BCUT2D eigenvalue weighted by atomic mass is 10.1. The third kappa shape index (κ3) is 3.97. The molecule has 0 amide bonds. The van der Waals surface area contributed by atoms with E-state index in [1.807, 2.05) is 32.0 Å². The summed E-state index contributed by atoms with van der Waals surface area (Å²) in [6, 6.07) is 7.65. The van der Waals surface area contributed by atoms with Gasteiger partial charge in [0.2, 0.25) is 5.52 Å². The van der Waals surface area contributed by atoms with E-state index < -0.39 is 0 Å². The van der Waals surface area contributed by atoms with Gasteiger partial charge < -0.3 is 9.84 Å². The van der Waals surface area contributed by atoms with Crippen molar-refractivity contribution in [2.24, 2.45) is 0 Å². The zero-order valence-corrected chi connectivity index (χ0v) is 13.3. The molecular weight excluding hydrogens is 278 g/mol. The van der Waals surface area contributed by atoms with Crippen LogP contribution < -0.4 is 4.57 Å². The highest BCUT2D eigenvalue weighted by Gasteiger charge is 2.13. The van der Waals surface area contributed by atoms with Crippen molar-refractivity contribution in [3.8, 4) is 5.75 Å². The lowest BCUT2D eigenvalue weighted by molar-refractivity contribution is -0.671. The predicted molar refractivity (Wildman–Crippen MR) is 85.6 cm³/mol. The first-order valence-corrected chi connectivity index (χ1v) is 7.90. The Morgan fingerprint density at radius 3 is 2.82 bits per heavy atom. The zero-order valence-electron chi connectivity index (χ0n) is 13.3. The number of hydrogen-bond donors (Lipinski definition) is 1. The van der Waals surface area contributed by atoms with Crippen molar-refractivity contribution in [1.29, 1.82) is 0 Å². The van der Waals surface area contributed by atoms with E-state index in [4.69, 9.17) is 4.74 Å². The molecule has 0 saturated heterocycles. The number of phenolic OH excluding ortho intramolecular Hbond substituents is 1. The van der Waals surface area contributed by atoms with Crippen molar-refractivity contribution in [2.75, 3.05) is 6.61 Å². The molecule has 4 heteroatoms. The molecule has 0 bridgehead atoms. The van der Waals surface area contributed by atoms with Gasteiger partial charge in [0, 0.05) is 25.0 Å². The Labute approximate surface area is 131 Å². The van der Waals surface area contributed by atoms with Gasteiger partial charge >= 0.3 is 5.97 Å². The minimum atomic E-state index is -0.110. The van der Waals surface area contributed by atoms with Gasteiger partial charge in [0.25, 0.3) is 0 Å². The van der Waals surface area contributed by atoms with E-state index in [1.165, 1.54) is 0 Å². The van der Waals surface area contributed by atoms with E-state index >= 15 is 0 Å². The summed E-state index contributed by atoms with van der Waals surface area (Å²) in [6.07, 6.45) is 5.39. The molecule has 0 aliphatic heterocycles. The summed E-state index contributed by atoms with van der Waals surface area (Å²) in [5.41, 5.74) is 2.12. The molecule has 2 rings (SSSR count). The first-order chi connectivity index (χ1) is 10.6. The second-order valence-electron chi connectivity index (χ2n) is 5.48. The summed E-state index contributed by atoms with van der Waals surface area (Å²) in [5.74, 6) is 0.215. The number of phenols is 1. The summed E-state index contributed by atoms with van der Waals surface area (Å²) < 4.78 is 7.08.